The van der Waals surface area contributed by atoms with Crippen LogP contribution in [0.4, 0.5) is 0 Å². The van der Waals surface area contributed by atoms with Gasteiger partial charge in [-0.2, -0.15) is 0 Å². The van der Waals surface area contributed by atoms with Crippen LogP contribution in [0.15, 0.2) is 31.8 Å². The topological polar surface area (TPSA) is 42.9 Å². The molecule has 0 N–H and O–H groups in total. The third kappa shape index (κ3) is 3.26. The van der Waals surface area contributed by atoms with Gasteiger partial charge in [-0.3, -0.25) is 4.79 Å². The van der Waals surface area contributed by atoms with Crippen LogP contribution in [0.25, 0.3) is 0 Å². The summed E-state index contributed by atoms with van der Waals surface area (Å²) in [5.74, 6) is -0.0304. The number of carbonyl (C=O) groups is 1. The van der Waals surface area contributed by atoms with Crippen molar-refractivity contribution in [2.75, 3.05) is 6.26 Å². The molecule has 7 heteroatoms. The lowest BCUT2D eigenvalue weighted by atomic mass is 10.1. The van der Waals surface area contributed by atoms with Crippen LogP contribution in [0.2, 0.25) is 5.02 Å². The Bertz CT molecular complexity index is 585. The van der Waals surface area contributed by atoms with Crippen molar-refractivity contribution in [3.8, 4) is 0 Å². The van der Waals surface area contributed by atoms with Gasteiger partial charge in [-0.1, -0.05) is 46.5 Å². The summed E-state index contributed by atoms with van der Waals surface area (Å²) in [4.78, 5) is 12.2. The van der Waals surface area contributed by atoms with E-state index in [0.717, 1.165) is 13.6 Å². The molecule has 0 bridgehead atoms. The van der Waals surface area contributed by atoms with E-state index in [1.165, 1.54) is 30.0 Å². The average Bonchev–Trinajstić information content (AvgIpc) is 2.76. The third-order valence-corrected chi connectivity index (χ3v) is 5.34. The van der Waals surface area contributed by atoms with Crippen molar-refractivity contribution in [2.45, 2.75) is 20.5 Å². The molecule has 0 fully saturated rings. The fraction of sp³-hybridized carbons (Fsp3) is 0.182. The highest BCUT2D eigenvalue weighted by Gasteiger charge is 2.09. The summed E-state index contributed by atoms with van der Waals surface area (Å²) >= 11 is 10.7. The van der Waals surface area contributed by atoms with E-state index in [0.29, 0.717) is 10.6 Å². The summed E-state index contributed by atoms with van der Waals surface area (Å²) in [6.45, 7) is 1.50. The summed E-state index contributed by atoms with van der Waals surface area (Å²) in [6.07, 6.45) is 1.97. The molecule has 18 heavy (non-hydrogen) atoms. The minimum Gasteiger partial charge on any atom is -0.294 e. The molecule has 2 aromatic rings. The second kappa shape index (κ2) is 6.06. The number of thioether (sulfide) groups is 1. The molecule has 2 rings (SSSR count). The van der Waals surface area contributed by atoms with Crippen LogP contribution in [0.3, 0.4) is 0 Å². The molecule has 0 saturated carbocycles. The summed E-state index contributed by atoms with van der Waals surface area (Å²) in [5, 5.41) is 8.57. The summed E-state index contributed by atoms with van der Waals surface area (Å²) < 4.78 is 1.80. The summed E-state index contributed by atoms with van der Waals surface area (Å²) in [5.41, 5.74) is 0.545. The van der Waals surface area contributed by atoms with Crippen LogP contribution in [0, 0.1) is 0 Å². The first-order valence-electron chi connectivity index (χ1n) is 4.96. The van der Waals surface area contributed by atoms with Crippen molar-refractivity contribution in [3.05, 3.63) is 28.8 Å². The third-order valence-electron chi connectivity index (χ3n) is 2.09. The number of ketones is 1. The largest absolute Gasteiger partial charge is 0.294 e. The van der Waals surface area contributed by atoms with Gasteiger partial charge >= 0.3 is 0 Å². The minimum atomic E-state index is -0.0304. The Morgan fingerprint density at radius 3 is 2.61 bits per heavy atom. The van der Waals surface area contributed by atoms with Gasteiger partial charge in [-0.25, -0.2) is 0 Å². The molecule has 0 aliphatic carbocycles. The lowest BCUT2D eigenvalue weighted by Crippen LogP contribution is -1.92. The SMILES string of the molecule is CSc1nnc(Sc2ccc(C(C)=O)c(Cl)c2)s1. The maximum Gasteiger partial charge on any atom is 0.179 e. The molecule has 0 saturated heterocycles. The zero-order valence-corrected chi connectivity index (χ0v) is 12.8. The lowest BCUT2D eigenvalue weighted by molar-refractivity contribution is 0.101. The Balaban J connectivity index is 2.19. The zero-order chi connectivity index (χ0) is 13.1. The maximum atomic E-state index is 11.3. The molecular formula is C11H9ClN2OS3. The van der Waals surface area contributed by atoms with Gasteiger partial charge in [-0.15, -0.1) is 10.2 Å². The molecule has 0 unspecified atom stereocenters. The van der Waals surface area contributed by atoms with E-state index in [9.17, 15) is 4.79 Å². The quantitative estimate of drug-likeness (QED) is 0.622. The number of benzene rings is 1. The number of hydrogen-bond acceptors (Lipinski definition) is 6. The number of carbonyl (C=O) groups excluding carboxylic acids is 1. The molecule has 1 heterocycles. The first-order valence-corrected chi connectivity index (χ1v) is 8.19. The molecule has 0 radical (unpaired) electrons. The first kappa shape index (κ1) is 13.9. The van der Waals surface area contributed by atoms with Crippen molar-refractivity contribution in [2.24, 2.45) is 0 Å². The zero-order valence-electron chi connectivity index (χ0n) is 9.64. The molecule has 0 aliphatic rings. The number of nitrogens with zero attached hydrogens (tertiary/aromatic N) is 2. The predicted octanol–water partition coefficient (Wildman–Crippen LogP) is 4.27. The lowest BCUT2D eigenvalue weighted by Gasteiger charge is -2.02. The fourth-order valence-electron chi connectivity index (χ4n) is 1.27. The van der Waals surface area contributed by atoms with Crippen molar-refractivity contribution < 1.29 is 4.79 Å². The Morgan fingerprint density at radius 1 is 1.33 bits per heavy atom. The van der Waals surface area contributed by atoms with Crippen LogP contribution in [-0.2, 0) is 0 Å². The summed E-state index contributed by atoms with van der Waals surface area (Å²) in [7, 11) is 0. The van der Waals surface area contributed by atoms with Gasteiger partial charge in [0.05, 0.1) is 5.02 Å². The molecule has 0 aliphatic heterocycles. The van der Waals surface area contributed by atoms with Crippen LogP contribution in [0.5, 0.6) is 0 Å². The Morgan fingerprint density at radius 2 is 2.06 bits per heavy atom. The monoisotopic (exact) mass is 316 g/mol. The highest BCUT2D eigenvalue weighted by molar-refractivity contribution is 8.03. The Hall–Kier alpha value is -0.560. The molecular weight excluding hydrogens is 308 g/mol. The van der Waals surface area contributed by atoms with Gasteiger partial charge in [0.2, 0.25) is 0 Å². The fourth-order valence-corrected chi connectivity index (χ4v) is 4.10. The first-order chi connectivity index (χ1) is 8.60. The Labute approximate surface area is 122 Å². The van der Waals surface area contributed by atoms with Crippen molar-refractivity contribution in [1.29, 1.82) is 0 Å². The van der Waals surface area contributed by atoms with E-state index < -0.39 is 0 Å². The molecule has 0 atom stereocenters. The molecule has 1 aromatic carbocycles. The summed E-state index contributed by atoms with van der Waals surface area (Å²) in [6, 6.07) is 5.39. The average molecular weight is 317 g/mol. The standard InChI is InChI=1S/C11H9ClN2OS3/c1-6(15)8-4-3-7(5-9(8)12)17-11-14-13-10(16-2)18-11/h3-5H,1-2H3. The number of aromatic nitrogens is 2. The highest BCUT2D eigenvalue weighted by Crippen LogP contribution is 2.34. The van der Waals surface area contributed by atoms with E-state index >= 15 is 0 Å². The van der Waals surface area contributed by atoms with Gasteiger partial charge in [0.15, 0.2) is 14.5 Å². The van der Waals surface area contributed by atoms with Gasteiger partial charge in [0, 0.05) is 10.5 Å². The molecule has 0 spiro atoms. The van der Waals surface area contributed by atoms with Gasteiger partial charge in [0.25, 0.3) is 0 Å². The van der Waals surface area contributed by atoms with E-state index in [-0.39, 0.29) is 5.78 Å². The van der Waals surface area contributed by atoms with E-state index in [1.807, 2.05) is 12.3 Å². The number of halogens is 1. The molecule has 3 nitrogen and oxygen atoms in total. The van der Waals surface area contributed by atoms with Crippen LogP contribution < -0.4 is 0 Å². The number of rotatable bonds is 4. The van der Waals surface area contributed by atoms with E-state index in [2.05, 4.69) is 10.2 Å². The molecule has 1 aromatic heterocycles. The van der Waals surface area contributed by atoms with Crippen LogP contribution in [-0.4, -0.2) is 22.2 Å². The minimum absolute atomic E-state index is 0.0304. The van der Waals surface area contributed by atoms with E-state index in [1.54, 1.807) is 23.9 Å². The normalized spacial score (nSPS) is 10.6. The van der Waals surface area contributed by atoms with Crippen LogP contribution in [0.1, 0.15) is 17.3 Å². The smallest absolute Gasteiger partial charge is 0.179 e. The second-order valence-corrected chi connectivity index (χ2v) is 7.10. The maximum absolute atomic E-state index is 11.3. The van der Waals surface area contributed by atoms with Crippen LogP contribution >= 0.6 is 46.5 Å². The van der Waals surface area contributed by atoms with Crippen molar-refractivity contribution in [3.63, 3.8) is 0 Å². The highest BCUT2D eigenvalue weighted by atomic mass is 35.5. The molecule has 0 amide bonds. The second-order valence-electron chi connectivity index (χ2n) is 3.34. The van der Waals surface area contributed by atoms with Gasteiger partial charge < -0.3 is 0 Å². The Kier molecular flexibility index (Phi) is 4.66. The van der Waals surface area contributed by atoms with Gasteiger partial charge in [-0.05, 0) is 31.4 Å². The van der Waals surface area contributed by atoms with E-state index in [4.69, 9.17) is 11.6 Å². The van der Waals surface area contributed by atoms with Crippen molar-refractivity contribution in [1.82, 2.24) is 10.2 Å². The van der Waals surface area contributed by atoms with Crippen molar-refractivity contribution >= 4 is 52.2 Å². The number of hydrogen-bond donors (Lipinski definition) is 0. The van der Waals surface area contributed by atoms with Gasteiger partial charge in [0.1, 0.15) is 0 Å². The predicted molar refractivity (Wildman–Crippen MR) is 77.3 cm³/mol. The molecule has 94 valence electrons. The number of Topliss-reactive ketones (excluding diaryl/α,β-unsaturated/α-hetero) is 1.